The number of allylic oxidation sites excluding steroid dienone is 4. The van der Waals surface area contributed by atoms with Gasteiger partial charge in [0.15, 0.2) is 0 Å². The zero-order valence-electron chi connectivity index (χ0n) is 23.0. The Hall–Kier alpha value is -0.500. The SMILES string of the molecule is CCCCCC/C=C\CCCC/C=C\CCCCCCCCCC(CC)([P+](=O)[O-])[N+](C)(C)C. The molecule has 0 aromatic rings. The molecule has 0 heterocycles. The van der Waals surface area contributed by atoms with E-state index in [0.717, 1.165) is 19.3 Å². The largest absolute Gasteiger partial charge is 0.590 e. The number of hydrogen-bond acceptors (Lipinski definition) is 2. The average Bonchev–Trinajstić information content (AvgIpc) is 2.76. The van der Waals surface area contributed by atoms with Gasteiger partial charge in [0.2, 0.25) is 0 Å². The minimum atomic E-state index is -2.42. The summed E-state index contributed by atoms with van der Waals surface area (Å²) in [7, 11) is 3.61. The van der Waals surface area contributed by atoms with Crippen molar-refractivity contribution in [3.63, 3.8) is 0 Å². The summed E-state index contributed by atoms with van der Waals surface area (Å²) in [5.41, 5.74) is 0. The maximum atomic E-state index is 12.0. The monoisotopic (exact) mass is 482 g/mol. The van der Waals surface area contributed by atoms with E-state index in [0.29, 0.717) is 10.9 Å². The molecule has 0 aliphatic rings. The first-order valence-electron chi connectivity index (χ1n) is 14.1. The van der Waals surface area contributed by atoms with Crippen LogP contribution in [0.2, 0.25) is 0 Å². The molecule has 0 saturated heterocycles. The fraction of sp³-hybridized carbons (Fsp3) is 0.862. The molecule has 0 bridgehead atoms. The molecule has 33 heavy (non-hydrogen) atoms. The summed E-state index contributed by atoms with van der Waals surface area (Å²) in [6.07, 6.45) is 32.6. The molecule has 0 radical (unpaired) electrons. The molecule has 0 rings (SSSR count). The van der Waals surface area contributed by atoms with Crippen molar-refractivity contribution in [3.8, 4) is 0 Å². The highest BCUT2D eigenvalue weighted by molar-refractivity contribution is 7.38. The smallest absolute Gasteiger partial charge is 0.376 e. The number of hydrogen-bond donors (Lipinski definition) is 0. The van der Waals surface area contributed by atoms with Crippen LogP contribution < -0.4 is 4.89 Å². The summed E-state index contributed by atoms with van der Waals surface area (Å²) in [6.45, 7) is 4.28. The Morgan fingerprint density at radius 3 is 1.36 bits per heavy atom. The fourth-order valence-electron chi connectivity index (χ4n) is 4.69. The van der Waals surface area contributed by atoms with Crippen molar-refractivity contribution in [3.05, 3.63) is 24.3 Å². The van der Waals surface area contributed by atoms with Crippen LogP contribution in [0.15, 0.2) is 24.3 Å². The summed E-state index contributed by atoms with van der Waals surface area (Å²) in [4.78, 5) is 12.0. The molecule has 2 atom stereocenters. The van der Waals surface area contributed by atoms with Gasteiger partial charge >= 0.3 is 8.03 Å². The Balaban J connectivity index is 3.56. The van der Waals surface area contributed by atoms with Crippen LogP contribution in [-0.4, -0.2) is 30.9 Å². The van der Waals surface area contributed by atoms with E-state index in [1.807, 2.05) is 28.1 Å². The molecule has 0 aliphatic heterocycles. The molecule has 0 amide bonds. The van der Waals surface area contributed by atoms with Crippen molar-refractivity contribution >= 4 is 8.03 Å². The lowest BCUT2D eigenvalue weighted by Gasteiger charge is -2.39. The van der Waals surface area contributed by atoms with Gasteiger partial charge in [-0.2, -0.15) is 0 Å². The molecule has 0 fully saturated rings. The average molecular weight is 483 g/mol. The highest BCUT2D eigenvalue weighted by Crippen LogP contribution is 2.44. The van der Waals surface area contributed by atoms with Gasteiger partial charge in [-0.05, 0) is 57.8 Å². The van der Waals surface area contributed by atoms with Gasteiger partial charge in [-0.1, -0.05) is 94.1 Å². The van der Waals surface area contributed by atoms with E-state index in [4.69, 9.17) is 0 Å². The molecular formula is C29H57NO2P+. The molecule has 3 nitrogen and oxygen atoms in total. The molecule has 4 heteroatoms. The van der Waals surface area contributed by atoms with Crippen molar-refractivity contribution in [2.45, 2.75) is 141 Å². The molecule has 2 unspecified atom stereocenters. The maximum Gasteiger partial charge on any atom is 0.376 e. The molecule has 0 aromatic carbocycles. The van der Waals surface area contributed by atoms with Gasteiger partial charge in [0.1, 0.15) is 0 Å². The van der Waals surface area contributed by atoms with E-state index in [-0.39, 0.29) is 0 Å². The minimum Gasteiger partial charge on any atom is -0.590 e. The summed E-state index contributed by atoms with van der Waals surface area (Å²) in [6, 6.07) is 0. The minimum absolute atomic E-state index is 0.506. The van der Waals surface area contributed by atoms with Crippen molar-refractivity contribution in [1.82, 2.24) is 0 Å². The van der Waals surface area contributed by atoms with Crippen LogP contribution in [-0.2, 0) is 4.57 Å². The van der Waals surface area contributed by atoms with Crippen LogP contribution in [0.4, 0.5) is 0 Å². The topological polar surface area (TPSA) is 40.1 Å². The zero-order chi connectivity index (χ0) is 24.8. The standard InChI is InChI=1S/C29H57NO2P/c1-6-8-9-10-11-12-13-14-15-16-17-18-19-20-21-22-23-24-25-26-27-28-29(7-2,33(31)32)30(3,4)5/h12-13,18-19H,6-11,14-17,20-28H2,1-5H3/q+1/b13-12-,19-18-. The Kier molecular flexibility index (Phi) is 20.5. The van der Waals surface area contributed by atoms with Gasteiger partial charge in [-0.3, -0.25) is 4.48 Å². The molecule has 0 aliphatic carbocycles. The Labute approximate surface area is 208 Å². The van der Waals surface area contributed by atoms with Gasteiger partial charge in [-0.15, -0.1) is 0 Å². The second kappa shape index (κ2) is 20.8. The number of unbranched alkanes of at least 4 members (excludes halogenated alkanes) is 14. The zero-order valence-corrected chi connectivity index (χ0v) is 23.8. The van der Waals surface area contributed by atoms with Gasteiger partial charge in [0, 0.05) is 12.8 Å². The van der Waals surface area contributed by atoms with Crippen LogP contribution in [0, 0.1) is 0 Å². The Bertz CT molecular complexity index is 524. The number of nitrogens with zero attached hydrogens (tertiary/aromatic N) is 1. The highest BCUT2D eigenvalue weighted by Gasteiger charge is 2.52. The van der Waals surface area contributed by atoms with E-state index in [2.05, 4.69) is 31.2 Å². The lowest BCUT2D eigenvalue weighted by Crippen LogP contribution is -2.55. The summed E-state index contributed by atoms with van der Waals surface area (Å²) in [5, 5.41) is -0.605. The van der Waals surface area contributed by atoms with Crippen LogP contribution >= 0.6 is 8.03 Å². The molecular weight excluding hydrogens is 425 g/mol. The van der Waals surface area contributed by atoms with E-state index < -0.39 is 13.3 Å². The molecule has 194 valence electrons. The Morgan fingerprint density at radius 2 is 1.00 bits per heavy atom. The van der Waals surface area contributed by atoms with Crippen molar-refractivity contribution in [1.29, 1.82) is 0 Å². The second-order valence-corrected chi connectivity index (χ2v) is 12.0. The normalized spacial score (nSPS) is 14.9. The van der Waals surface area contributed by atoms with Gasteiger partial charge in [-0.25, -0.2) is 0 Å². The van der Waals surface area contributed by atoms with Crippen molar-refractivity contribution in [2.24, 2.45) is 0 Å². The third-order valence-corrected chi connectivity index (χ3v) is 8.97. The fourth-order valence-corrected chi connectivity index (χ4v) is 5.78. The van der Waals surface area contributed by atoms with Crippen LogP contribution in [0.5, 0.6) is 0 Å². The highest BCUT2D eigenvalue weighted by atomic mass is 31.1. The summed E-state index contributed by atoms with van der Waals surface area (Å²) in [5.74, 6) is 0. The van der Waals surface area contributed by atoms with E-state index >= 15 is 0 Å². The quantitative estimate of drug-likeness (QED) is 0.0630. The van der Waals surface area contributed by atoms with Crippen LogP contribution in [0.1, 0.15) is 136 Å². The molecule has 0 saturated carbocycles. The molecule has 0 N–H and O–H groups in total. The lowest BCUT2D eigenvalue weighted by molar-refractivity contribution is -0.910. The van der Waals surface area contributed by atoms with Gasteiger partial charge in [0.25, 0.3) is 5.28 Å². The van der Waals surface area contributed by atoms with E-state index in [9.17, 15) is 9.46 Å². The third-order valence-electron chi connectivity index (χ3n) is 7.15. The predicted molar refractivity (Wildman–Crippen MR) is 146 cm³/mol. The van der Waals surface area contributed by atoms with Crippen LogP contribution in [0.25, 0.3) is 0 Å². The van der Waals surface area contributed by atoms with Crippen molar-refractivity contribution < 1.29 is 13.9 Å². The Morgan fingerprint density at radius 1 is 0.636 bits per heavy atom. The second-order valence-electron chi connectivity index (χ2n) is 10.7. The van der Waals surface area contributed by atoms with Crippen molar-refractivity contribution in [2.75, 3.05) is 21.1 Å². The maximum absolute atomic E-state index is 12.0. The number of rotatable bonds is 23. The first kappa shape index (κ1) is 32.5. The van der Waals surface area contributed by atoms with E-state index in [1.54, 1.807) is 0 Å². The number of quaternary nitrogens is 1. The first-order chi connectivity index (χ1) is 15.8. The summed E-state index contributed by atoms with van der Waals surface area (Å²) < 4.78 is 12.5. The molecule has 0 spiro atoms. The predicted octanol–water partition coefficient (Wildman–Crippen LogP) is 9.06. The molecule has 0 aromatic heterocycles. The first-order valence-corrected chi connectivity index (χ1v) is 15.3. The third kappa shape index (κ3) is 15.9. The van der Waals surface area contributed by atoms with E-state index in [1.165, 1.54) is 96.3 Å². The van der Waals surface area contributed by atoms with Crippen LogP contribution in [0.3, 0.4) is 0 Å². The lowest BCUT2D eigenvalue weighted by atomic mass is 10.0. The van der Waals surface area contributed by atoms with Gasteiger partial charge in [0.05, 0.1) is 21.1 Å². The summed E-state index contributed by atoms with van der Waals surface area (Å²) >= 11 is 0. The van der Waals surface area contributed by atoms with Gasteiger partial charge < -0.3 is 4.89 Å².